The Morgan fingerprint density at radius 2 is 2.00 bits per heavy atom. The fourth-order valence-electron chi connectivity index (χ4n) is 0.583. The van der Waals surface area contributed by atoms with Gasteiger partial charge in [-0.25, -0.2) is 0 Å². The number of hydrogen-bond donors (Lipinski definition) is 0. The second kappa shape index (κ2) is 5.98. The third-order valence-electron chi connectivity index (χ3n) is 0.991. The van der Waals surface area contributed by atoms with Gasteiger partial charge in [-0.1, -0.05) is 12.7 Å². The molecule has 0 aromatic carbocycles. The maximum absolute atomic E-state index is 10.2. The Kier molecular flexibility index (Phi) is 5.57. The van der Waals surface area contributed by atoms with Crippen LogP contribution in [0.25, 0.3) is 0 Å². The fraction of sp³-hybridized carbons (Fsp3) is 0.222. The van der Waals surface area contributed by atoms with Gasteiger partial charge in [-0.05, 0) is 35.8 Å². The van der Waals surface area contributed by atoms with Crippen molar-refractivity contribution >= 4 is 18.0 Å². The summed E-state index contributed by atoms with van der Waals surface area (Å²) in [4.78, 5) is 10.2. The maximum Gasteiger partial charge on any atom is 0.145 e. The van der Waals surface area contributed by atoms with E-state index in [-0.39, 0.29) is 0 Å². The highest BCUT2D eigenvalue weighted by Gasteiger charge is 1.85. The number of carbonyl (C=O) groups excluding carboxylic acids is 1. The summed E-state index contributed by atoms with van der Waals surface area (Å²) in [5, 5.41) is 3.69. The van der Waals surface area contributed by atoms with E-state index in [9.17, 15) is 4.79 Å². The Morgan fingerprint density at radius 3 is 2.45 bits per heavy atom. The first-order valence-electron chi connectivity index (χ1n) is 3.27. The van der Waals surface area contributed by atoms with E-state index < -0.39 is 0 Å². The Labute approximate surface area is 71.9 Å². The SMILES string of the molecule is C=CS/C=C(C)/C=C(\C)C=O. The molecule has 0 N–H and O–H groups in total. The Morgan fingerprint density at radius 1 is 1.36 bits per heavy atom. The fourth-order valence-corrected chi connectivity index (χ4v) is 0.962. The lowest BCUT2D eigenvalue weighted by Gasteiger charge is -1.90. The summed E-state index contributed by atoms with van der Waals surface area (Å²) in [6, 6.07) is 0. The number of rotatable bonds is 4. The summed E-state index contributed by atoms with van der Waals surface area (Å²) >= 11 is 1.51. The van der Waals surface area contributed by atoms with Gasteiger partial charge < -0.3 is 0 Å². The topological polar surface area (TPSA) is 17.1 Å². The minimum Gasteiger partial charge on any atom is -0.298 e. The average molecular weight is 168 g/mol. The van der Waals surface area contributed by atoms with Crippen LogP contribution in [-0.2, 0) is 4.79 Å². The highest BCUT2D eigenvalue weighted by Crippen LogP contribution is 2.09. The predicted octanol–water partition coefficient (Wildman–Crippen LogP) is 2.91. The van der Waals surface area contributed by atoms with Crippen molar-refractivity contribution in [3.05, 3.63) is 34.6 Å². The van der Waals surface area contributed by atoms with E-state index in [1.165, 1.54) is 11.8 Å². The minimum atomic E-state index is 0.739. The van der Waals surface area contributed by atoms with Gasteiger partial charge in [0.25, 0.3) is 0 Å². The lowest BCUT2D eigenvalue weighted by molar-refractivity contribution is -0.104. The monoisotopic (exact) mass is 168 g/mol. The van der Waals surface area contributed by atoms with E-state index in [1.807, 2.05) is 18.4 Å². The Balaban J connectivity index is 4.13. The number of hydrogen-bond acceptors (Lipinski definition) is 2. The van der Waals surface area contributed by atoms with Crippen LogP contribution < -0.4 is 0 Å². The van der Waals surface area contributed by atoms with E-state index in [0.29, 0.717) is 0 Å². The smallest absolute Gasteiger partial charge is 0.145 e. The second-order valence-corrected chi connectivity index (χ2v) is 3.01. The van der Waals surface area contributed by atoms with Crippen molar-refractivity contribution in [2.24, 2.45) is 0 Å². The van der Waals surface area contributed by atoms with Gasteiger partial charge in [0.05, 0.1) is 0 Å². The molecule has 0 aliphatic heterocycles. The zero-order chi connectivity index (χ0) is 8.69. The molecule has 0 unspecified atom stereocenters. The number of thioether (sulfide) groups is 1. The van der Waals surface area contributed by atoms with E-state index in [1.54, 1.807) is 12.3 Å². The third-order valence-corrected chi connectivity index (χ3v) is 1.69. The first kappa shape index (κ1) is 10.2. The molecule has 0 bridgehead atoms. The van der Waals surface area contributed by atoms with Gasteiger partial charge in [0.1, 0.15) is 6.29 Å². The molecule has 1 nitrogen and oxygen atoms in total. The van der Waals surface area contributed by atoms with Crippen molar-refractivity contribution in [1.29, 1.82) is 0 Å². The molecule has 0 atom stereocenters. The summed E-state index contributed by atoms with van der Waals surface area (Å²) in [5.41, 5.74) is 1.81. The van der Waals surface area contributed by atoms with Crippen LogP contribution in [-0.4, -0.2) is 6.29 Å². The van der Waals surface area contributed by atoms with Crippen molar-refractivity contribution in [3.63, 3.8) is 0 Å². The second-order valence-electron chi connectivity index (χ2n) is 2.17. The van der Waals surface area contributed by atoms with Gasteiger partial charge in [0.2, 0.25) is 0 Å². The van der Waals surface area contributed by atoms with Crippen LogP contribution in [0.4, 0.5) is 0 Å². The van der Waals surface area contributed by atoms with Crippen LogP contribution in [0.5, 0.6) is 0 Å². The molecule has 0 heterocycles. The Bertz CT molecular complexity index is 202. The molecule has 0 aromatic rings. The average Bonchev–Trinajstić information content (AvgIpc) is 2.00. The highest BCUT2D eigenvalue weighted by molar-refractivity contribution is 8.04. The molecule has 11 heavy (non-hydrogen) atoms. The summed E-state index contributed by atoms with van der Waals surface area (Å²) in [6.45, 7) is 7.29. The lowest BCUT2D eigenvalue weighted by atomic mass is 10.2. The molecule has 0 amide bonds. The van der Waals surface area contributed by atoms with Gasteiger partial charge in [-0.3, -0.25) is 4.79 Å². The zero-order valence-corrected chi connectivity index (χ0v) is 7.65. The van der Waals surface area contributed by atoms with Crippen LogP contribution in [0.15, 0.2) is 34.6 Å². The molecule has 0 saturated carbocycles. The molecule has 0 saturated heterocycles. The first-order valence-corrected chi connectivity index (χ1v) is 4.21. The van der Waals surface area contributed by atoms with E-state index in [2.05, 4.69) is 6.58 Å². The van der Waals surface area contributed by atoms with Gasteiger partial charge in [0, 0.05) is 0 Å². The summed E-state index contributed by atoms with van der Waals surface area (Å²) in [5.74, 6) is 0. The van der Waals surface area contributed by atoms with Crippen LogP contribution in [0, 0.1) is 0 Å². The molecule has 0 aromatic heterocycles. The number of aldehydes is 1. The number of carbonyl (C=O) groups is 1. The van der Waals surface area contributed by atoms with E-state index in [4.69, 9.17) is 0 Å². The largest absolute Gasteiger partial charge is 0.298 e. The quantitative estimate of drug-likeness (QED) is 0.365. The molecule has 2 heteroatoms. The lowest BCUT2D eigenvalue weighted by Crippen LogP contribution is -1.76. The van der Waals surface area contributed by atoms with Crippen molar-refractivity contribution in [2.75, 3.05) is 0 Å². The predicted molar refractivity (Wildman–Crippen MR) is 51.4 cm³/mol. The first-order chi connectivity index (χ1) is 5.20. The minimum absolute atomic E-state index is 0.739. The van der Waals surface area contributed by atoms with Gasteiger partial charge >= 0.3 is 0 Å². The van der Waals surface area contributed by atoms with Crippen LogP contribution in [0.2, 0.25) is 0 Å². The molecule has 0 fully saturated rings. The maximum atomic E-state index is 10.2. The summed E-state index contributed by atoms with van der Waals surface area (Å²) in [7, 11) is 0. The van der Waals surface area contributed by atoms with Gasteiger partial charge in [0.15, 0.2) is 0 Å². The zero-order valence-electron chi connectivity index (χ0n) is 6.83. The molecular formula is C9H12OS. The molecule has 0 radical (unpaired) electrons. The molecule has 0 rings (SSSR count). The molecule has 60 valence electrons. The molecule has 0 aliphatic carbocycles. The van der Waals surface area contributed by atoms with E-state index in [0.717, 1.165) is 17.4 Å². The van der Waals surface area contributed by atoms with Gasteiger partial charge in [-0.15, -0.1) is 11.8 Å². The Hall–Kier alpha value is -0.760. The molecule has 0 spiro atoms. The van der Waals surface area contributed by atoms with Crippen molar-refractivity contribution < 1.29 is 4.79 Å². The van der Waals surface area contributed by atoms with E-state index >= 15 is 0 Å². The van der Waals surface area contributed by atoms with Gasteiger partial charge in [-0.2, -0.15) is 0 Å². The van der Waals surface area contributed by atoms with Crippen LogP contribution in [0.1, 0.15) is 13.8 Å². The number of allylic oxidation sites excluding steroid dienone is 3. The third kappa shape index (κ3) is 5.67. The standard InChI is InChI=1S/C9H12OS/c1-4-11-7-9(3)5-8(2)6-10/h4-7H,1H2,2-3H3/b8-5+,9-7+. The van der Waals surface area contributed by atoms with Crippen molar-refractivity contribution in [1.82, 2.24) is 0 Å². The molecule has 0 aliphatic rings. The van der Waals surface area contributed by atoms with Crippen molar-refractivity contribution in [2.45, 2.75) is 13.8 Å². The summed E-state index contributed by atoms with van der Waals surface area (Å²) in [6.07, 6.45) is 2.68. The van der Waals surface area contributed by atoms with Crippen LogP contribution >= 0.6 is 11.8 Å². The molecular weight excluding hydrogens is 156 g/mol. The van der Waals surface area contributed by atoms with Crippen LogP contribution in [0.3, 0.4) is 0 Å². The highest BCUT2D eigenvalue weighted by atomic mass is 32.2. The van der Waals surface area contributed by atoms with Crippen molar-refractivity contribution in [3.8, 4) is 0 Å². The normalized spacial score (nSPS) is 12.9. The summed E-state index contributed by atoms with van der Waals surface area (Å²) < 4.78 is 0.